The monoisotopic (exact) mass is 476 g/mol. The molecule has 1 unspecified atom stereocenters. The molecule has 0 bridgehead atoms. The lowest BCUT2D eigenvalue weighted by Gasteiger charge is -2.29. The maximum atomic E-state index is 12.6. The van der Waals surface area contributed by atoms with Gasteiger partial charge in [-0.2, -0.15) is 4.73 Å². The Kier molecular flexibility index (Phi) is 5.29. The molecule has 0 saturated heterocycles. The first-order chi connectivity index (χ1) is 15.9. The zero-order valence-electron chi connectivity index (χ0n) is 17.5. The highest BCUT2D eigenvalue weighted by Crippen LogP contribution is 2.39. The molecule has 3 aromatic heterocycles. The van der Waals surface area contributed by atoms with Gasteiger partial charge in [-0.25, -0.2) is 9.97 Å². The van der Waals surface area contributed by atoms with Gasteiger partial charge in [-0.3, -0.25) is 0 Å². The normalized spacial score (nSPS) is 13.2. The van der Waals surface area contributed by atoms with Gasteiger partial charge in [0.25, 0.3) is 0 Å². The Labute approximate surface area is 199 Å². The smallest absolute Gasteiger partial charge is 0.224 e. The van der Waals surface area contributed by atoms with E-state index >= 15 is 0 Å². The molecule has 0 aliphatic rings. The van der Waals surface area contributed by atoms with Gasteiger partial charge in [0.2, 0.25) is 5.52 Å². The van der Waals surface area contributed by atoms with E-state index in [-0.39, 0.29) is 0 Å². The summed E-state index contributed by atoms with van der Waals surface area (Å²) in [4.78, 5) is 8.36. The van der Waals surface area contributed by atoms with Gasteiger partial charge in [-0.1, -0.05) is 41.4 Å². The fraction of sp³-hybridized carbons (Fsp3) is 0.0800. The number of nitrogens with zero attached hydrogens (tertiary/aromatic N) is 4. The highest BCUT2D eigenvalue weighted by Gasteiger charge is 2.37. The molecule has 0 aliphatic carbocycles. The Hall–Kier alpha value is -3.45. The van der Waals surface area contributed by atoms with Gasteiger partial charge in [0, 0.05) is 41.5 Å². The van der Waals surface area contributed by atoms with Gasteiger partial charge in [0.15, 0.2) is 11.8 Å². The SMILES string of the molecule is Cn1cncc1C(O)(c1ccc(Cl)nc1)c1ccc2c(c1)c(-c1cccc(Cl)c1)cc[n+]2[O-]. The van der Waals surface area contributed by atoms with Crippen molar-refractivity contribution in [3.63, 3.8) is 0 Å². The largest absolute Gasteiger partial charge is 0.618 e. The number of pyridine rings is 2. The molecule has 5 aromatic rings. The Morgan fingerprint density at radius 1 is 1.00 bits per heavy atom. The van der Waals surface area contributed by atoms with E-state index in [0.717, 1.165) is 15.9 Å². The minimum absolute atomic E-state index is 0.320. The predicted octanol–water partition coefficient (Wildman–Crippen LogP) is 4.86. The van der Waals surface area contributed by atoms with Crippen LogP contribution in [-0.4, -0.2) is 19.6 Å². The number of benzene rings is 2. The second kappa shape index (κ2) is 8.15. The van der Waals surface area contributed by atoms with Crippen molar-refractivity contribution in [2.75, 3.05) is 0 Å². The van der Waals surface area contributed by atoms with Crippen molar-refractivity contribution >= 4 is 34.1 Å². The molecule has 0 spiro atoms. The molecule has 164 valence electrons. The molecule has 5 rings (SSSR count). The number of hydrogen-bond acceptors (Lipinski definition) is 4. The van der Waals surface area contributed by atoms with Gasteiger partial charge in [0.05, 0.1) is 23.6 Å². The lowest BCUT2D eigenvalue weighted by Crippen LogP contribution is -2.32. The van der Waals surface area contributed by atoms with E-state index in [1.807, 2.05) is 24.3 Å². The maximum absolute atomic E-state index is 12.6. The predicted molar refractivity (Wildman–Crippen MR) is 128 cm³/mol. The van der Waals surface area contributed by atoms with E-state index in [9.17, 15) is 10.3 Å². The second-order valence-electron chi connectivity index (χ2n) is 7.77. The number of aryl methyl sites for hydroxylation is 1. The topological polar surface area (TPSA) is 77.9 Å². The van der Waals surface area contributed by atoms with E-state index in [1.54, 1.807) is 60.5 Å². The van der Waals surface area contributed by atoms with Crippen molar-refractivity contribution in [1.82, 2.24) is 14.5 Å². The first-order valence-corrected chi connectivity index (χ1v) is 10.9. The van der Waals surface area contributed by atoms with E-state index in [4.69, 9.17) is 23.2 Å². The molecule has 0 fully saturated rings. The zero-order chi connectivity index (χ0) is 23.2. The molecule has 1 N–H and O–H groups in total. The van der Waals surface area contributed by atoms with E-state index < -0.39 is 5.60 Å². The number of aliphatic hydroxyl groups is 1. The van der Waals surface area contributed by atoms with E-state index in [0.29, 0.717) is 37.9 Å². The Morgan fingerprint density at radius 2 is 1.82 bits per heavy atom. The first kappa shape index (κ1) is 21.4. The summed E-state index contributed by atoms with van der Waals surface area (Å²) in [6.07, 6.45) is 6.23. The standard InChI is InChI=1S/C25H18Cl2N4O2/c1-30-15-28-14-23(30)25(32,18-6-8-24(27)29-13-18)17-5-7-22-21(12-17)20(9-10-31(22)33)16-3-2-4-19(26)11-16/h2-15,32H,1H3. The van der Waals surface area contributed by atoms with Crippen LogP contribution in [0.25, 0.3) is 22.0 Å². The zero-order valence-corrected chi connectivity index (χ0v) is 19.0. The Morgan fingerprint density at radius 3 is 2.52 bits per heavy atom. The quantitative estimate of drug-likeness (QED) is 0.228. The van der Waals surface area contributed by atoms with Crippen molar-refractivity contribution in [3.05, 3.63) is 118 Å². The summed E-state index contributed by atoms with van der Waals surface area (Å²) in [5.41, 5.74) is 2.18. The average molecular weight is 477 g/mol. The lowest BCUT2D eigenvalue weighted by molar-refractivity contribution is -0.576. The van der Waals surface area contributed by atoms with E-state index in [1.165, 1.54) is 12.4 Å². The van der Waals surface area contributed by atoms with Crippen LogP contribution in [0.5, 0.6) is 0 Å². The summed E-state index contributed by atoms with van der Waals surface area (Å²) in [5, 5.41) is 26.3. The summed E-state index contributed by atoms with van der Waals surface area (Å²) in [7, 11) is 1.81. The van der Waals surface area contributed by atoms with Crippen molar-refractivity contribution in [2.24, 2.45) is 7.05 Å². The fourth-order valence-electron chi connectivity index (χ4n) is 4.15. The minimum Gasteiger partial charge on any atom is -0.618 e. The third-order valence-corrected chi connectivity index (χ3v) is 6.25. The summed E-state index contributed by atoms with van der Waals surface area (Å²) >= 11 is 12.2. The highest BCUT2D eigenvalue weighted by atomic mass is 35.5. The second-order valence-corrected chi connectivity index (χ2v) is 8.59. The van der Waals surface area contributed by atoms with Crippen molar-refractivity contribution in [1.29, 1.82) is 0 Å². The summed E-state index contributed by atoms with van der Waals surface area (Å²) < 4.78 is 2.55. The summed E-state index contributed by atoms with van der Waals surface area (Å²) in [5.74, 6) is 0. The number of rotatable bonds is 4. The number of aromatic nitrogens is 4. The lowest BCUT2D eigenvalue weighted by atomic mass is 9.83. The van der Waals surface area contributed by atoms with Crippen molar-refractivity contribution in [3.8, 4) is 11.1 Å². The Bertz CT molecular complexity index is 1480. The maximum Gasteiger partial charge on any atom is 0.224 e. The van der Waals surface area contributed by atoms with Crippen LogP contribution in [0.15, 0.2) is 85.6 Å². The van der Waals surface area contributed by atoms with Crippen LogP contribution < -0.4 is 4.73 Å². The third-order valence-electron chi connectivity index (χ3n) is 5.79. The van der Waals surface area contributed by atoms with Crippen LogP contribution in [0.1, 0.15) is 16.8 Å². The highest BCUT2D eigenvalue weighted by molar-refractivity contribution is 6.31. The molecule has 0 amide bonds. The van der Waals surface area contributed by atoms with Gasteiger partial charge < -0.3 is 14.9 Å². The van der Waals surface area contributed by atoms with Crippen LogP contribution in [0, 0.1) is 5.21 Å². The van der Waals surface area contributed by atoms with Crippen LogP contribution in [0.2, 0.25) is 10.2 Å². The van der Waals surface area contributed by atoms with E-state index in [2.05, 4.69) is 9.97 Å². The van der Waals surface area contributed by atoms with Crippen LogP contribution >= 0.6 is 23.2 Å². The third kappa shape index (κ3) is 3.62. The first-order valence-electron chi connectivity index (χ1n) is 10.1. The van der Waals surface area contributed by atoms with Gasteiger partial charge in [0.1, 0.15) is 5.15 Å². The fourth-order valence-corrected chi connectivity index (χ4v) is 4.45. The van der Waals surface area contributed by atoms with Gasteiger partial charge >= 0.3 is 0 Å². The minimum atomic E-state index is -1.59. The van der Waals surface area contributed by atoms with Crippen LogP contribution in [0.3, 0.4) is 0 Å². The molecular weight excluding hydrogens is 459 g/mol. The number of halogens is 2. The number of hydrogen-bond donors (Lipinski definition) is 1. The molecule has 8 heteroatoms. The molecule has 2 aromatic carbocycles. The van der Waals surface area contributed by atoms with Crippen molar-refractivity contribution < 1.29 is 9.84 Å². The molecule has 0 aliphatic heterocycles. The summed E-state index contributed by atoms with van der Waals surface area (Å²) in [6.45, 7) is 0. The number of fused-ring (bicyclic) bond motifs is 1. The van der Waals surface area contributed by atoms with Gasteiger partial charge in [-0.05, 0) is 41.5 Å². The van der Waals surface area contributed by atoms with Gasteiger partial charge in [-0.15, -0.1) is 0 Å². The molecular formula is C25H18Cl2N4O2. The summed E-state index contributed by atoms with van der Waals surface area (Å²) in [6, 6.07) is 17.8. The molecule has 0 saturated carbocycles. The Balaban J connectivity index is 1.81. The molecule has 3 heterocycles. The molecule has 0 radical (unpaired) electrons. The van der Waals surface area contributed by atoms with Crippen LogP contribution in [-0.2, 0) is 12.6 Å². The van der Waals surface area contributed by atoms with Crippen LogP contribution in [0.4, 0.5) is 0 Å². The number of imidazole rings is 1. The molecule has 1 atom stereocenters. The molecule has 33 heavy (non-hydrogen) atoms. The van der Waals surface area contributed by atoms with Crippen molar-refractivity contribution in [2.45, 2.75) is 5.60 Å². The average Bonchev–Trinajstić information content (AvgIpc) is 3.25. The molecule has 6 nitrogen and oxygen atoms in total.